The molecule has 0 saturated heterocycles. The zero-order valence-corrected chi connectivity index (χ0v) is 26.4. The summed E-state index contributed by atoms with van der Waals surface area (Å²) in [6.45, 7) is 0. The largest absolute Gasteiger partial charge is 0.456 e. The van der Waals surface area contributed by atoms with Crippen LogP contribution in [-0.4, -0.2) is 14.1 Å². The Bertz CT molecular complexity index is 3050. The number of fused-ring (bicyclic) bond motifs is 11. The minimum absolute atomic E-state index is 0.884. The minimum atomic E-state index is 0.884. The van der Waals surface area contributed by atoms with Crippen LogP contribution in [0.2, 0.25) is 0 Å². The Labute approximate surface area is 278 Å². The van der Waals surface area contributed by atoms with Crippen LogP contribution in [0.25, 0.3) is 97.7 Å². The smallest absolute Gasteiger partial charge is 0.195 e. The van der Waals surface area contributed by atoms with E-state index in [1.807, 2.05) is 0 Å². The van der Waals surface area contributed by atoms with Crippen molar-refractivity contribution in [2.45, 2.75) is 0 Å². The number of hydrogen-bond donors (Lipinski definition) is 0. The van der Waals surface area contributed by atoms with Crippen LogP contribution in [0.1, 0.15) is 0 Å². The van der Waals surface area contributed by atoms with Gasteiger partial charge in [-0.05, 0) is 71.8 Å². The van der Waals surface area contributed by atoms with Crippen LogP contribution >= 0.6 is 11.3 Å². The van der Waals surface area contributed by atoms with E-state index in [4.69, 9.17) is 9.40 Å². The monoisotopic (exact) mass is 631 g/mol. The minimum Gasteiger partial charge on any atom is -0.456 e. The van der Waals surface area contributed by atoms with Crippen LogP contribution in [0.4, 0.5) is 0 Å². The van der Waals surface area contributed by atoms with Crippen molar-refractivity contribution in [2.24, 2.45) is 0 Å². The fourth-order valence-corrected chi connectivity index (χ4v) is 8.78. The molecule has 0 N–H and O–H groups in total. The van der Waals surface area contributed by atoms with Gasteiger partial charge in [0, 0.05) is 38.0 Å². The number of nitrogens with zero attached hydrogens (tertiary/aromatic N) is 3. The van der Waals surface area contributed by atoms with Gasteiger partial charge in [-0.3, -0.25) is 4.57 Å². The van der Waals surface area contributed by atoms with Gasteiger partial charge in [0.05, 0.1) is 32.3 Å². The average molecular weight is 632 g/mol. The van der Waals surface area contributed by atoms with Gasteiger partial charge in [0.1, 0.15) is 11.2 Å². The number of rotatable bonds is 3. The van der Waals surface area contributed by atoms with E-state index in [1.165, 1.54) is 43.7 Å². The summed E-state index contributed by atoms with van der Waals surface area (Å²) in [4.78, 5) is 5.31. The van der Waals surface area contributed by atoms with Crippen molar-refractivity contribution in [3.05, 3.63) is 152 Å². The molecule has 0 saturated carbocycles. The highest BCUT2D eigenvalue weighted by Crippen LogP contribution is 2.43. The SMILES string of the molecule is c1ccc(-c2ccc3oc4ccc5nc(-n6c7ccccc7c7cc8c9ccccc9n(-c9ccccc9)c8cc76)sc5c4c3c2)cc1. The predicted octanol–water partition coefficient (Wildman–Crippen LogP) is 12.1. The third kappa shape index (κ3) is 3.56. The van der Waals surface area contributed by atoms with E-state index in [0.717, 1.165) is 54.0 Å². The Kier molecular flexibility index (Phi) is 5.23. The van der Waals surface area contributed by atoms with Gasteiger partial charge in [0.2, 0.25) is 0 Å². The molecule has 11 aromatic rings. The van der Waals surface area contributed by atoms with Crippen LogP contribution in [0.3, 0.4) is 0 Å². The molecule has 0 fully saturated rings. The fraction of sp³-hybridized carbons (Fsp3) is 0. The van der Waals surface area contributed by atoms with E-state index < -0.39 is 0 Å². The highest BCUT2D eigenvalue weighted by molar-refractivity contribution is 7.22. The second-order valence-electron chi connectivity index (χ2n) is 12.4. The predicted molar refractivity (Wildman–Crippen MR) is 201 cm³/mol. The van der Waals surface area contributed by atoms with Gasteiger partial charge in [-0.25, -0.2) is 4.98 Å². The number of furan rings is 1. The first kappa shape index (κ1) is 26.0. The molecule has 0 atom stereocenters. The average Bonchev–Trinajstić information content (AvgIpc) is 3.90. The molecule has 4 nitrogen and oxygen atoms in total. The molecule has 4 heterocycles. The topological polar surface area (TPSA) is 35.9 Å². The number of aromatic nitrogens is 3. The maximum Gasteiger partial charge on any atom is 0.195 e. The summed E-state index contributed by atoms with van der Waals surface area (Å²) in [5.74, 6) is 0. The normalized spacial score (nSPS) is 12.2. The van der Waals surface area contributed by atoms with Gasteiger partial charge in [0.15, 0.2) is 5.13 Å². The second kappa shape index (κ2) is 9.67. The van der Waals surface area contributed by atoms with E-state index >= 15 is 0 Å². The van der Waals surface area contributed by atoms with Gasteiger partial charge in [-0.15, -0.1) is 0 Å². The first-order valence-corrected chi connectivity index (χ1v) is 17.0. The molecule has 0 aliphatic rings. The lowest BCUT2D eigenvalue weighted by Gasteiger charge is -2.08. The lowest BCUT2D eigenvalue weighted by Crippen LogP contribution is -1.95. The first-order chi connectivity index (χ1) is 23.8. The first-order valence-electron chi connectivity index (χ1n) is 16.1. The summed E-state index contributed by atoms with van der Waals surface area (Å²) in [5.41, 5.74) is 10.9. The Morgan fingerprint density at radius 3 is 1.88 bits per heavy atom. The third-order valence-electron chi connectivity index (χ3n) is 9.76. The number of para-hydroxylation sites is 3. The van der Waals surface area contributed by atoms with E-state index in [2.05, 4.69) is 161 Å². The molecule has 0 bridgehead atoms. The highest BCUT2D eigenvalue weighted by Gasteiger charge is 2.21. The Morgan fingerprint density at radius 1 is 0.458 bits per heavy atom. The van der Waals surface area contributed by atoms with E-state index in [1.54, 1.807) is 11.3 Å². The maximum absolute atomic E-state index is 6.39. The molecule has 0 radical (unpaired) electrons. The van der Waals surface area contributed by atoms with Crippen LogP contribution < -0.4 is 0 Å². The highest BCUT2D eigenvalue weighted by atomic mass is 32.1. The van der Waals surface area contributed by atoms with E-state index in [-0.39, 0.29) is 0 Å². The molecule has 5 heteroatoms. The summed E-state index contributed by atoms with van der Waals surface area (Å²) in [6.07, 6.45) is 0. The van der Waals surface area contributed by atoms with Crippen molar-refractivity contribution in [2.75, 3.05) is 0 Å². The maximum atomic E-state index is 6.39. The van der Waals surface area contributed by atoms with Crippen molar-refractivity contribution in [1.29, 1.82) is 0 Å². The summed E-state index contributed by atoms with van der Waals surface area (Å²) in [5, 5.41) is 8.12. The molecule has 48 heavy (non-hydrogen) atoms. The van der Waals surface area contributed by atoms with E-state index in [9.17, 15) is 0 Å². The Hall–Kier alpha value is -6.17. The van der Waals surface area contributed by atoms with Crippen molar-refractivity contribution in [3.8, 4) is 21.9 Å². The van der Waals surface area contributed by atoms with Crippen molar-refractivity contribution >= 4 is 87.1 Å². The van der Waals surface area contributed by atoms with E-state index in [0.29, 0.717) is 0 Å². The number of benzene rings is 7. The molecular formula is C43H25N3OS. The Balaban J connectivity index is 1.22. The molecule has 224 valence electrons. The summed E-state index contributed by atoms with van der Waals surface area (Å²) in [6, 6.07) is 54.0. The van der Waals surface area contributed by atoms with Crippen LogP contribution in [-0.2, 0) is 0 Å². The molecule has 0 spiro atoms. The molecule has 11 rings (SSSR count). The van der Waals surface area contributed by atoms with Crippen molar-refractivity contribution < 1.29 is 4.42 Å². The van der Waals surface area contributed by atoms with Crippen molar-refractivity contribution in [1.82, 2.24) is 14.1 Å². The molecular weight excluding hydrogens is 607 g/mol. The van der Waals surface area contributed by atoms with Crippen LogP contribution in [0.5, 0.6) is 0 Å². The molecule has 4 aromatic heterocycles. The fourth-order valence-electron chi connectivity index (χ4n) is 7.63. The van der Waals surface area contributed by atoms with Gasteiger partial charge >= 0.3 is 0 Å². The Morgan fingerprint density at radius 2 is 1.10 bits per heavy atom. The number of hydrogen-bond acceptors (Lipinski definition) is 3. The summed E-state index contributed by atoms with van der Waals surface area (Å²) < 4.78 is 12.3. The van der Waals surface area contributed by atoms with Crippen LogP contribution in [0, 0.1) is 0 Å². The van der Waals surface area contributed by atoms with Gasteiger partial charge in [0.25, 0.3) is 0 Å². The lowest BCUT2D eigenvalue weighted by molar-refractivity contribution is 0.669. The molecule has 7 aromatic carbocycles. The second-order valence-corrected chi connectivity index (χ2v) is 13.4. The molecule has 0 amide bonds. The molecule has 0 aliphatic heterocycles. The van der Waals surface area contributed by atoms with Crippen LogP contribution in [0.15, 0.2) is 156 Å². The number of thiazole rings is 1. The third-order valence-corrected chi connectivity index (χ3v) is 10.8. The zero-order valence-electron chi connectivity index (χ0n) is 25.6. The zero-order chi connectivity index (χ0) is 31.3. The molecule has 0 aliphatic carbocycles. The lowest BCUT2D eigenvalue weighted by atomic mass is 10.0. The summed E-state index contributed by atoms with van der Waals surface area (Å²) >= 11 is 1.73. The quantitative estimate of drug-likeness (QED) is 0.194. The standard InChI is InChI=1S/C43H25N3OS/c1-3-11-26(12-4-1)27-19-21-39-33(23-27)41-40(47-39)22-20-34-42(41)48-43(44-34)46-36-18-10-8-16-30(36)32-24-31-29-15-7-9-17-35(29)45(37(31)25-38(32)46)28-13-5-2-6-14-28/h1-25H. The summed E-state index contributed by atoms with van der Waals surface area (Å²) in [7, 11) is 0. The molecule has 0 unspecified atom stereocenters. The van der Waals surface area contributed by atoms with Crippen molar-refractivity contribution in [3.63, 3.8) is 0 Å². The van der Waals surface area contributed by atoms with Gasteiger partial charge in [-0.1, -0.05) is 102 Å². The van der Waals surface area contributed by atoms with Gasteiger partial charge < -0.3 is 8.98 Å². The van der Waals surface area contributed by atoms with Gasteiger partial charge in [-0.2, -0.15) is 0 Å².